The van der Waals surface area contributed by atoms with Crippen LogP contribution in [0.2, 0.25) is 0 Å². The molecular formula is C21H16F4N2O. The van der Waals surface area contributed by atoms with Crippen molar-refractivity contribution in [2.45, 2.75) is 19.1 Å². The van der Waals surface area contributed by atoms with Crippen LogP contribution in [0.15, 0.2) is 67.0 Å². The molecule has 1 heterocycles. The number of amides is 1. The fourth-order valence-electron chi connectivity index (χ4n) is 2.77. The minimum atomic E-state index is -4.47. The van der Waals surface area contributed by atoms with Gasteiger partial charge in [0.15, 0.2) is 0 Å². The number of nitrogens with zero attached hydrogens (tertiary/aromatic N) is 1. The monoisotopic (exact) mass is 388 g/mol. The van der Waals surface area contributed by atoms with E-state index in [1.165, 1.54) is 36.7 Å². The van der Waals surface area contributed by atoms with Gasteiger partial charge < -0.3 is 5.32 Å². The third-order valence-electron chi connectivity index (χ3n) is 4.28. The molecule has 1 amide bonds. The minimum Gasteiger partial charge on any atom is -0.346 e. The summed E-state index contributed by atoms with van der Waals surface area (Å²) in [6.45, 7) is 1.56. The summed E-state index contributed by atoms with van der Waals surface area (Å²) in [4.78, 5) is 16.3. The molecule has 0 unspecified atom stereocenters. The molecule has 0 aliphatic heterocycles. The Bertz CT molecular complexity index is 987. The van der Waals surface area contributed by atoms with Gasteiger partial charge in [-0.15, -0.1) is 0 Å². The summed E-state index contributed by atoms with van der Waals surface area (Å²) in [7, 11) is 0. The standard InChI is InChI=1S/C21H16F4N2O/c1-13(15-3-2-4-17(11-15)21(23,24)25)27-20(28)16-5-6-18(19(22)12-16)14-7-9-26-10-8-14/h2-13H,1H3,(H,27,28)/t13-/m1/s1. The number of rotatable bonds is 4. The van der Waals surface area contributed by atoms with Gasteiger partial charge in [-0.05, 0) is 54.4 Å². The molecule has 1 N–H and O–H groups in total. The second kappa shape index (κ2) is 7.80. The summed E-state index contributed by atoms with van der Waals surface area (Å²) in [5.41, 5.74) is 0.534. The van der Waals surface area contributed by atoms with Crippen LogP contribution in [0.4, 0.5) is 17.6 Å². The van der Waals surface area contributed by atoms with E-state index >= 15 is 0 Å². The van der Waals surface area contributed by atoms with Crippen LogP contribution in [-0.2, 0) is 6.18 Å². The Morgan fingerprint density at radius 2 is 1.75 bits per heavy atom. The van der Waals surface area contributed by atoms with Crippen molar-refractivity contribution in [2.75, 3.05) is 0 Å². The molecule has 28 heavy (non-hydrogen) atoms. The van der Waals surface area contributed by atoms with Crippen molar-refractivity contribution in [2.24, 2.45) is 0 Å². The van der Waals surface area contributed by atoms with Crippen LogP contribution in [0.3, 0.4) is 0 Å². The van der Waals surface area contributed by atoms with E-state index in [1.54, 1.807) is 19.1 Å². The van der Waals surface area contributed by atoms with Crippen LogP contribution in [0.25, 0.3) is 11.1 Å². The first-order chi connectivity index (χ1) is 13.3. The van der Waals surface area contributed by atoms with Gasteiger partial charge in [0.25, 0.3) is 5.91 Å². The zero-order valence-electron chi connectivity index (χ0n) is 14.8. The highest BCUT2D eigenvalue weighted by Gasteiger charge is 2.30. The molecule has 0 radical (unpaired) electrons. The van der Waals surface area contributed by atoms with E-state index in [9.17, 15) is 22.4 Å². The summed E-state index contributed by atoms with van der Waals surface area (Å²) in [5.74, 6) is -1.16. The summed E-state index contributed by atoms with van der Waals surface area (Å²) in [6.07, 6.45) is -1.40. The topological polar surface area (TPSA) is 42.0 Å². The van der Waals surface area contributed by atoms with Crippen LogP contribution < -0.4 is 5.32 Å². The van der Waals surface area contributed by atoms with E-state index < -0.39 is 29.5 Å². The number of halogens is 4. The molecule has 3 nitrogen and oxygen atoms in total. The van der Waals surface area contributed by atoms with Crippen molar-refractivity contribution in [1.29, 1.82) is 0 Å². The van der Waals surface area contributed by atoms with Gasteiger partial charge >= 0.3 is 6.18 Å². The number of pyridine rings is 1. The van der Waals surface area contributed by atoms with Gasteiger partial charge in [0.1, 0.15) is 5.82 Å². The molecule has 1 aromatic heterocycles. The molecule has 3 rings (SSSR count). The third kappa shape index (κ3) is 4.36. The van der Waals surface area contributed by atoms with Crippen molar-refractivity contribution in [3.05, 3.63) is 89.5 Å². The maximum atomic E-state index is 14.4. The molecule has 3 aromatic rings. The lowest BCUT2D eigenvalue weighted by Gasteiger charge is -2.16. The van der Waals surface area contributed by atoms with Crippen LogP contribution >= 0.6 is 0 Å². The number of hydrogen-bond acceptors (Lipinski definition) is 2. The fraction of sp³-hybridized carbons (Fsp3) is 0.143. The number of carbonyl (C=O) groups excluding carboxylic acids is 1. The van der Waals surface area contributed by atoms with Crippen LogP contribution in [-0.4, -0.2) is 10.9 Å². The average molecular weight is 388 g/mol. The second-order valence-electron chi connectivity index (χ2n) is 6.25. The Morgan fingerprint density at radius 3 is 2.39 bits per heavy atom. The van der Waals surface area contributed by atoms with Crippen molar-refractivity contribution in [3.8, 4) is 11.1 Å². The van der Waals surface area contributed by atoms with Gasteiger partial charge in [-0.2, -0.15) is 13.2 Å². The van der Waals surface area contributed by atoms with Crippen LogP contribution in [0.1, 0.15) is 34.5 Å². The zero-order chi connectivity index (χ0) is 20.3. The lowest BCUT2D eigenvalue weighted by molar-refractivity contribution is -0.137. The maximum absolute atomic E-state index is 14.4. The quantitative estimate of drug-likeness (QED) is 0.609. The molecule has 0 fully saturated rings. The van der Waals surface area contributed by atoms with E-state index in [-0.39, 0.29) is 5.56 Å². The van der Waals surface area contributed by atoms with E-state index in [0.29, 0.717) is 16.7 Å². The highest BCUT2D eigenvalue weighted by Crippen LogP contribution is 2.31. The molecule has 0 bridgehead atoms. The van der Waals surface area contributed by atoms with Crippen LogP contribution in [0, 0.1) is 5.82 Å². The predicted molar refractivity (Wildman–Crippen MR) is 97.0 cm³/mol. The first-order valence-corrected chi connectivity index (χ1v) is 8.43. The van der Waals surface area contributed by atoms with Crippen molar-refractivity contribution < 1.29 is 22.4 Å². The Labute approximate surface area is 159 Å². The van der Waals surface area contributed by atoms with Crippen LogP contribution in [0.5, 0.6) is 0 Å². The Hall–Kier alpha value is -3.22. The molecular weight excluding hydrogens is 372 g/mol. The summed E-state index contributed by atoms with van der Waals surface area (Å²) >= 11 is 0. The van der Waals surface area contributed by atoms with E-state index in [0.717, 1.165) is 18.2 Å². The maximum Gasteiger partial charge on any atom is 0.416 e. The summed E-state index contributed by atoms with van der Waals surface area (Å²) in [5, 5.41) is 2.59. The largest absolute Gasteiger partial charge is 0.416 e. The lowest BCUT2D eigenvalue weighted by Crippen LogP contribution is -2.27. The molecule has 0 aliphatic carbocycles. The molecule has 0 saturated carbocycles. The van der Waals surface area contributed by atoms with Gasteiger partial charge in [-0.25, -0.2) is 4.39 Å². The van der Waals surface area contributed by atoms with Crippen molar-refractivity contribution >= 4 is 5.91 Å². The van der Waals surface area contributed by atoms with Crippen molar-refractivity contribution in [1.82, 2.24) is 10.3 Å². The number of alkyl halides is 3. The van der Waals surface area contributed by atoms with Gasteiger partial charge in [0.2, 0.25) is 0 Å². The highest BCUT2D eigenvalue weighted by atomic mass is 19.4. The molecule has 0 aliphatic rings. The lowest BCUT2D eigenvalue weighted by atomic mass is 10.0. The Morgan fingerprint density at radius 1 is 1.04 bits per heavy atom. The van der Waals surface area contributed by atoms with Gasteiger partial charge in [-0.3, -0.25) is 9.78 Å². The number of hydrogen-bond donors (Lipinski definition) is 1. The molecule has 0 saturated heterocycles. The van der Waals surface area contributed by atoms with Gasteiger partial charge in [0, 0.05) is 23.5 Å². The smallest absolute Gasteiger partial charge is 0.346 e. The SMILES string of the molecule is C[C@@H](NC(=O)c1ccc(-c2ccncc2)c(F)c1)c1cccc(C(F)(F)F)c1. The van der Waals surface area contributed by atoms with E-state index in [2.05, 4.69) is 10.3 Å². The normalized spacial score (nSPS) is 12.5. The third-order valence-corrected chi connectivity index (χ3v) is 4.28. The number of carbonyl (C=O) groups is 1. The number of benzene rings is 2. The fourth-order valence-corrected chi connectivity index (χ4v) is 2.77. The molecule has 2 aromatic carbocycles. The second-order valence-corrected chi connectivity index (χ2v) is 6.25. The average Bonchev–Trinajstić information content (AvgIpc) is 2.68. The molecule has 7 heteroatoms. The summed E-state index contributed by atoms with van der Waals surface area (Å²) < 4.78 is 53.0. The molecule has 0 spiro atoms. The first kappa shape index (κ1) is 19.5. The predicted octanol–water partition coefficient (Wildman–Crippen LogP) is 5.40. The number of aromatic nitrogens is 1. The molecule has 1 atom stereocenters. The zero-order valence-corrected chi connectivity index (χ0v) is 14.8. The highest BCUT2D eigenvalue weighted by molar-refractivity contribution is 5.95. The van der Waals surface area contributed by atoms with Gasteiger partial charge in [-0.1, -0.05) is 18.2 Å². The van der Waals surface area contributed by atoms with E-state index in [1.807, 2.05) is 0 Å². The Balaban J connectivity index is 1.77. The Kier molecular flexibility index (Phi) is 5.44. The molecule has 144 valence electrons. The van der Waals surface area contributed by atoms with Crippen molar-refractivity contribution in [3.63, 3.8) is 0 Å². The summed E-state index contributed by atoms with van der Waals surface area (Å²) in [6, 6.07) is 11.4. The minimum absolute atomic E-state index is 0.0779. The van der Waals surface area contributed by atoms with Gasteiger partial charge in [0.05, 0.1) is 11.6 Å². The number of nitrogens with one attached hydrogen (secondary N) is 1. The van der Waals surface area contributed by atoms with E-state index in [4.69, 9.17) is 0 Å². The first-order valence-electron chi connectivity index (χ1n) is 8.43.